The van der Waals surface area contributed by atoms with E-state index >= 15 is 0 Å². The SMILES string of the molecule is OC(=Cc1nc2ccccc2nc1NC12CC3CC(CC(C3)C1)C2)c1ccc(Br)cc1. The molecule has 0 saturated heterocycles. The molecular formula is C26H26BrN3O. The lowest BCUT2D eigenvalue weighted by atomic mass is 9.53. The number of aliphatic hydroxyl groups is 1. The lowest BCUT2D eigenvalue weighted by Gasteiger charge is -2.57. The van der Waals surface area contributed by atoms with E-state index in [9.17, 15) is 5.11 Å². The minimum absolute atomic E-state index is 0.127. The lowest BCUT2D eigenvalue weighted by Crippen LogP contribution is -2.55. The summed E-state index contributed by atoms with van der Waals surface area (Å²) in [7, 11) is 0. The van der Waals surface area contributed by atoms with Crippen molar-refractivity contribution in [1.82, 2.24) is 9.97 Å². The summed E-state index contributed by atoms with van der Waals surface area (Å²) in [5, 5.41) is 14.7. The third-order valence-corrected chi connectivity index (χ3v) is 7.96. The molecule has 0 unspecified atom stereocenters. The monoisotopic (exact) mass is 475 g/mol. The van der Waals surface area contributed by atoms with Gasteiger partial charge in [0.25, 0.3) is 0 Å². The van der Waals surface area contributed by atoms with Crippen LogP contribution in [-0.4, -0.2) is 20.6 Å². The quantitative estimate of drug-likeness (QED) is 0.406. The molecule has 4 fully saturated rings. The van der Waals surface area contributed by atoms with E-state index in [1.54, 1.807) is 6.08 Å². The molecule has 0 spiro atoms. The summed E-state index contributed by atoms with van der Waals surface area (Å²) in [5.41, 5.74) is 3.32. The second-order valence-electron chi connectivity index (χ2n) is 9.81. The zero-order valence-electron chi connectivity index (χ0n) is 17.4. The highest BCUT2D eigenvalue weighted by Gasteiger charge is 2.51. The molecule has 0 atom stereocenters. The van der Waals surface area contributed by atoms with Crippen molar-refractivity contribution < 1.29 is 5.11 Å². The van der Waals surface area contributed by atoms with Crippen LogP contribution in [0, 0.1) is 17.8 Å². The van der Waals surface area contributed by atoms with Crippen molar-refractivity contribution in [2.45, 2.75) is 44.1 Å². The van der Waals surface area contributed by atoms with Crippen molar-refractivity contribution in [2.75, 3.05) is 5.32 Å². The molecule has 4 aliphatic rings. The minimum Gasteiger partial charge on any atom is -0.507 e. The van der Waals surface area contributed by atoms with Gasteiger partial charge < -0.3 is 10.4 Å². The number of benzene rings is 2. The van der Waals surface area contributed by atoms with Crippen LogP contribution >= 0.6 is 15.9 Å². The predicted molar refractivity (Wildman–Crippen MR) is 129 cm³/mol. The van der Waals surface area contributed by atoms with Crippen LogP contribution in [0.25, 0.3) is 22.9 Å². The van der Waals surface area contributed by atoms with Gasteiger partial charge in [-0.1, -0.05) is 40.2 Å². The Morgan fingerprint density at radius 1 is 0.903 bits per heavy atom. The maximum Gasteiger partial charge on any atom is 0.153 e. The van der Waals surface area contributed by atoms with Crippen LogP contribution in [0.5, 0.6) is 0 Å². The molecule has 5 heteroatoms. The Hall–Kier alpha value is -2.40. The molecule has 4 saturated carbocycles. The number of halogens is 1. The van der Waals surface area contributed by atoms with Gasteiger partial charge in [-0.15, -0.1) is 0 Å². The first-order valence-corrected chi connectivity index (χ1v) is 12.1. The van der Waals surface area contributed by atoms with Gasteiger partial charge in [-0.05, 0) is 80.5 Å². The lowest BCUT2D eigenvalue weighted by molar-refractivity contribution is 0.0105. The average molecular weight is 476 g/mol. The van der Waals surface area contributed by atoms with Crippen molar-refractivity contribution in [3.8, 4) is 0 Å². The zero-order valence-corrected chi connectivity index (χ0v) is 19.0. The maximum absolute atomic E-state index is 10.8. The van der Waals surface area contributed by atoms with Crippen LogP contribution in [-0.2, 0) is 0 Å². The van der Waals surface area contributed by atoms with Gasteiger partial charge in [0, 0.05) is 21.7 Å². The van der Waals surface area contributed by atoms with Crippen LogP contribution < -0.4 is 5.32 Å². The molecule has 4 nitrogen and oxygen atoms in total. The third-order valence-electron chi connectivity index (χ3n) is 7.43. The first-order chi connectivity index (χ1) is 15.1. The molecule has 2 N–H and O–H groups in total. The number of nitrogens with zero attached hydrogens (tertiary/aromatic N) is 2. The number of anilines is 1. The smallest absolute Gasteiger partial charge is 0.153 e. The van der Waals surface area contributed by atoms with E-state index in [1.807, 2.05) is 48.5 Å². The number of fused-ring (bicyclic) bond motifs is 1. The van der Waals surface area contributed by atoms with Gasteiger partial charge >= 0.3 is 0 Å². The summed E-state index contributed by atoms with van der Waals surface area (Å²) in [6, 6.07) is 15.6. The molecule has 2 aromatic carbocycles. The van der Waals surface area contributed by atoms with E-state index in [1.165, 1.54) is 38.5 Å². The second kappa shape index (κ2) is 7.33. The number of para-hydroxylation sites is 2. The van der Waals surface area contributed by atoms with Crippen LogP contribution in [0.4, 0.5) is 5.82 Å². The molecule has 31 heavy (non-hydrogen) atoms. The van der Waals surface area contributed by atoms with E-state index in [4.69, 9.17) is 9.97 Å². The second-order valence-corrected chi connectivity index (χ2v) is 10.7. The van der Waals surface area contributed by atoms with Crippen molar-refractivity contribution in [3.05, 3.63) is 64.3 Å². The van der Waals surface area contributed by atoms with Crippen molar-refractivity contribution in [2.24, 2.45) is 17.8 Å². The van der Waals surface area contributed by atoms with Gasteiger partial charge in [-0.25, -0.2) is 9.97 Å². The number of aromatic nitrogens is 2. The van der Waals surface area contributed by atoms with E-state index in [0.717, 1.165) is 44.6 Å². The molecule has 0 aliphatic heterocycles. The van der Waals surface area contributed by atoms with Gasteiger partial charge in [0.1, 0.15) is 11.5 Å². The normalized spacial score (nSPS) is 29.5. The summed E-state index contributed by atoms with van der Waals surface area (Å²) in [5.74, 6) is 3.54. The Kier molecular flexibility index (Phi) is 4.57. The molecule has 7 rings (SSSR count). The standard InChI is InChI=1S/C26H26BrN3O/c27-20-7-5-19(6-8-20)24(31)12-23-25(29-22-4-2-1-3-21(22)28-23)30-26-13-16-9-17(14-26)11-18(10-16)15-26/h1-8,12,16-18,31H,9-11,13-15H2,(H,29,30). The minimum atomic E-state index is 0.127. The molecule has 0 amide bonds. The van der Waals surface area contributed by atoms with Crippen LogP contribution in [0.15, 0.2) is 53.0 Å². The molecule has 158 valence electrons. The summed E-state index contributed by atoms with van der Waals surface area (Å²) >= 11 is 3.45. The maximum atomic E-state index is 10.8. The predicted octanol–water partition coefficient (Wildman–Crippen LogP) is 6.83. The Labute approximate surface area is 190 Å². The highest BCUT2D eigenvalue weighted by Crippen LogP contribution is 2.56. The van der Waals surface area contributed by atoms with Crippen molar-refractivity contribution in [1.29, 1.82) is 0 Å². The van der Waals surface area contributed by atoms with E-state index in [2.05, 4.69) is 21.2 Å². The van der Waals surface area contributed by atoms with E-state index in [0.29, 0.717) is 5.69 Å². The molecule has 3 aromatic rings. The summed E-state index contributed by atoms with van der Waals surface area (Å²) in [6.07, 6.45) is 9.66. The van der Waals surface area contributed by atoms with Crippen molar-refractivity contribution >= 4 is 44.6 Å². The summed E-state index contributed by atoms with van der Waals surface area (Å²) in [6.45, 7) is 0. The number of nitrogens with one attached hydrogen (secondary N) is 1. The van der Waals surface area contributed by atoms with Gasteiger partial charge in [0.15, 0.2) is 5.82 Å². The fourth-order valence-electron chi connectivity index (χ4n) is 6.55. The topological polar surface area (TPSA) is 58.0 Å². The average Bonchev–Trinajstić information content (AvgIpc) is 2.73. The Morgan fingerprint density at radius 2 is 1.48 bits per heavy atom. The summed E-state index contributed by atoms with van der Waals surface area (Å²) in [4.78, 5) is 9.86. The van der Waals surface area contributed by atoms with Crippen LogP contribution in [0.3, 0.4) is 0 Å². The van der Waals surface area contributed by atoms with Gasteiger partial charge in [-0.2, -0.15) is 0 Å². The van der Waals surface area contributed by atoms with Gasteiger partial charge in [0.2, 0.25) is 0 Å². The number of rotatable bonds is 4. The van der Waals surface area contributed by atoms with E-state index in [-0.39, 0.29) is 11.3 Å². The fourth-order valence-corrected chi connectivity index (χ4v) is 6.82. The zero-order chi connectivity index (χ0) is 21.0. The molecule has 1 heterocycles. The first-order valence-electron chi connectivity index (χ1n) is 11.3. The van der Waals surface area contributed by atoms with Gasteiger partial charge in [0.05, 0.1) is 11.0 Å². The molecule has 0 radical (unpaired) electrons. The molecule has 1 aromatic heterocycles. The van der Waals surface area contributed by atoms with Crippen molar-refractivity contribution in [3.63, 3.8) is 0 Å². The fraction of sp³-hybridized carbons (Fsp3) is 0.385. The Morgan fingerprint density at radius 3 is 2.10 bits per heavy atom. The first kappa shape index (κ1) is 19.3. The van der Waals surface area contributed by atoms with Crippen LogP contribution in [0.1, 0.15) is 49.8 Å². The van der Waals surface area contributed by atoms with Crippen LogP contribution in [0.2, 0.25) is 0 Å². The Bertz CT molecular complexity index is 1140. The molecule has 4 bridgehead atoms. The highest BCUT2D eigenvalue weighted by atomic mass is 79.9. The van der Waals surface area contributed by atoms with Gasteiger partial charge in [-0.3, -0.25) is 0 Å². The third kappa shape index (κ3) is 3.63. The number of hydrogen-bond donors (Lipinski definition) is 2. The number of aliphatic hydroxyl groups excluding tert-OH is 1. The molecular weight excluding hydrogens is 450 g/mol. The number of hydrogen-bond acceptors (Lipinski definition) is 4. The summed E-state index contributed by atoms with van der Waals surface area (Å²) < 4.78 is 0.985. The largest absolute Gasteiger partial charge is 0.507 e. The Balaban J connectivity index is 1.41. The molecule has 4 aliphatic carbocycles. The van der Waals surface area contributed by atoms with E-state index < -0.39 is 0 Å². The highest BCUT2D eigenvalue weighted by molar-refractivity contribution is 9.10.